The number of sulfonamides is 1. The highest BCUT2D eigenvalue weighted by Crippen LogP contribution is 2.22. The molecule has 2 N–H and O–H groups in total. The van der Waals surface area contributed by atoms with E-state index in [2.05, 4.69) is 21.6 Å². The van der Waals surface area contributed by atoms with Gasteiger partial charge < -0.3 is 5.32 Å². The van der Waals surface area contributed by atoms with Gasteiger partial charge in [0.05, 0.1) is 22.5 Å². The molecular weight excluding hydrogens is 410 g/mol. The van der Waals surface area contributed by atoms with Gasteiger partial charge in [-0.3, -0.25) is 9.78 Å². The van der Waals surface area contributed by atoms with Crippen molar-refractivity contribution in [3.8, 4) is 0 Å². The minimum atomic E-state index is -3.43. The molecule has 0 radical (unpaired) electrons. The number of amides is 1. The molecule has 0 aliphatic rings. The fourth-order valence-electron chi connectivity index (χ4n) is 2.81. The van der Waals surface area contributed by atoms with E-state index in [1.807, 2.05) is 6.07 Å². The number of nitrogens with one attached hydrogen (secondary N) is 2. The standard InChI is InChI=1S/C21H20ClN3O3S/c1-3-10-23-29(27,28)13-15-4-7-18(8-5-15)25-21(26)19-12-16-11-17(22)6-9-20(16)24-14(19)2/h3-9,11-12,23H,1,10,13H2,2H3,(H,25,26). The lowest BCUT2D eigenvalue weighted by Crippen LogP contribution is -2.25. The summed E-state index contributed by atoms with van der Waals surface area (Å²) < 4.78 is 26.3. The highest BCUT2D eigenvalue weighted by atomic mass is 35.5. The molecular formula is C21H20ClN3O3S. The zero-order valence-electron chi connectivity index (χ0n) is 15.8. The van der Waals surface area contributed by atoms with Crippen LogP contribution in [0.3, 0.4) is 0 Å². The summed E-state index contributed by atoms with van der Waals surface area (Å²) in [6.45, 7) is 5.44. The second-order valence-corrected chi connectivity index (χ2v) is 8.75. The topological polar surface area (TPSA) is 88.2 Å². The van der Waals surface area contributed by atoms with Crippen LogP contribution in [0, 0.1) is 6.92 Å². The first-order valence-electron chi connectivity index (χ1n) is 8.83. The number of rotatable bonds is 7. The number of hydrogen-bond acceptors (Lipinski definition) is 4. The molecule has 2 aromatic carbocycles. The molecule has 0 saturated carbocycles. The van der Waals surface area contributed by atoms with Crippen LogP contribution in [0.25, 0.3) is 10.9 Å². The Morgan fingerprint density at radius 3 is 2.59 bits per heavy atom. The molecule has 0 bridgehead atoms. The second kappa shape index (κ2) is 8.73. The van der Waals surface area contributed by atoms with E-state index in [4.69, 9.17) is 11.6 Å². The van der Waals surface area contributed by atoms with Gasteiger partial charge in [-0.05, 0) is 48.9 Å². The van der Waals surface area contributed by atoms with Crippen LogP contribution in [0.2, 0.25) is 5.02 Å². The highest BCUT2D eigenvalue weighted by molar-refractivity contribution is 7.88. The van der Waals surface area contributed by atoms with Crippen LogP contribution in [0.5, 0.6) is 0 Å². The minimum absolute atomic E-state index is 0.149. The third-order valence-electron chi connectivity index (χ3n) is 4.23. The summed E-state index contributed by atoms with van der Waals surface area (Å²) in [5.41, 5.74) is 2.98. The number of carbonyl (C=O) groups is 1. The van der Waals surface area contributed by atoms with Crippen molar-refractivity contribution in [2.75, 3.05) is 11.9 Å². The predicted octanol–water partition coefficient (Wildman–Crippen LogP) is 4.05. The third kappa shape index (κ3) is 5.41. The van der Waals surface area contributed by atoms with E-state index in [0.29, 0.717) is 27.5 Å². The molecule has 0 aliphatic heterocycles. The summed E-state index contributed by atoms with van der Waals surface area (Å²) in [7, 11) is -3.43. The summed E-state index contributed by atoms with van der Waals surface area (Å²) >= 11 is 6.03. The molecule has 0 atom stereocenters. The number of halogens is 1. The van der Waals surface area contributed by atoms with Crippen molar-refractivity contribution in [3.63, 3.8) is 0 Å². The normalized spacial score (nSPS) is 11.4. The molecule has 3 aromatic rings. The molecule has 1 aromatic heterocycles. The Morgan fingerprint density at radius 2 is 1.90 bits per heavy atom. The summed E-state index contributed by atoms with van der Waals surface area (Å²) in [4.78, 5) is 17.2. The Balaban J connectivity index is 1.75. The van der Waals surface area contributed by atoms with Gasteiger partial charge in [-0.2, -0.15) is 0 Å². The number of pyridine rings is 1. The Kier molecular flexibility index (Phi) is 6.32. The summed E-state index contributed by atoms with van der Waals surface area (Å²) in [6, 6.07) is 13.7. The maximum absolute atomic E-state index is 12.7. The number of anilines is 1. The van der Waals surface area contributed by atoms with Gasteiger partial charge in [0.15, 0.2) is 0 Å². The van der Waals surface area contributed by atoms with Gasteiger partial charge in [0, 0.05) is 22.6 Å². The fraction of sp³-hybridized carbons (Fsp3) is 0.143. The second-order valence-electron chi connectivity index (χ2n) is 6.51. The van der Waals surface area contributed by atoms with Crippen LogP contribution in [0.1, 0.15) is 21.6 Å². The van der Waals surface area contributed by atoms with Crippen molar-refractivity contribution < 1.29 is 13.2 Å². The van der Waals surface area contributed by atoms with Gasteiger partial charge in [-0.1, -0.05) is 29.8 Å². The van der Waals surface area contributed by atoms with E-state index in [1.54, 1.807) is 49.4 Å². The average molecular weight is 430 g/mol. The van der Waals surface area contributed by atoms with Crippen LogP contribution in [0.4, 0.5) is 5.69 Å². The lowest BCUT2D eigenvalue weighted by molar-refractivity contribution is 0.102. The number of aryl methyl sites for hydroxylation is 1. The molecule has 0 unspecified atom stereocenters. The monoisotopic (exact) mass is 429 g/mol. The van der Waals surface area contributed by atoms with E-state index in [1.165, 1.54) is 6.08 Å². The first-order valence-corrected chi connectivity index (χ1v) is 10.9. The number of nitrogens with zero attached hydrogens (tertiary/aromatic N) is 1. The Labute approximate surface area is 174 Å². The smallest absolute Gasteiger partial charge is 0.257 e. The summed E-state index contributed by atoms with van der Waals surface area (Å²) in [5, 5.41) is 4.16. The van der Waals surface area contributed by atoms with Gasteiger partial charge in [0.25, 0.3) is 5.91 Å². The van der Waals surface area contributed by atoms with Crippen molar-refractivity contribution in [3.05, 3.63) is 83.0 Å². The minimum Gasteiger partial charge on any atom is -0.322 e. The molecule has 1 amide bonds. The van der Waals surface area contributed by atoms with Gasteiger partial charge in [-0.15, -0.1) is 6.58 Å². The van der Waals surface area contributed by atoms with E-state index in [-0.39, 0.29) is 18.2 Å². The Bertz CT molecular complexity index is 1180. The van der Waals surface area contributed by atoms with Crippen molar-refractivity contribution in [1.29, 1.82) is 0 Å². The first kappa shape index (κ1) is 21.0. The van der Waals surface area contributed by atoms with Gasteiger partial charge in [0.1, 0.15) is 0 Å². The summed E-state index contributed by atoms with van der Waals surface area (Å²) in [6.07, 6.45) is 1.48. The zero-order valence-corrected chi connectivity index (χ0v) is 17.3. The molecule has 150 valence electrons. The van der Waals surface area contributed by atoms with Crippen LogP contribution in [-0.4, -0.2) is 25.9 Å². The molecule has 0 fully saturated rings. The van der Waals surface area contributed by atoms with Crippen LogP contribution >= 0.6 is 11.6 Å². The van der Waals surface area contributed by atoms with Crippen LogP contribution < -0.4 is 10.0 Å². The lowest BCUT2D eigenvalue weighted by atomic mass is 10.1. The van der Waals surface area contributed by atoms with E-state index >= 15 is 0 Å². The molecule has 1 heterocycles. The molecule has 0 spiro atoms. The SMILES string of the molecule is C=CCNS(=O)(=O)Cc1ccc(NC(=O)c2cc3cc(Cl)ccc3nc2C)cc1. The largest absolute Gasteiger partial charge is 0.322 e. The van der Waals surface area contributed by atoms with Crippen LogP contribution in [0.15, 0.2) is 61.2 Å². The highest BCUT2D eigenvalue weighted by Gasteiger charge is 2.13. The summed E-state index contributed by atoms with van der Waals surface area (Å²) in [5.74, 6) is -0.450. The first-order chi connectivity index (χ1) is 13.8. The molecule has 3 rings (SSSR count). The fourth-order valence-corrected chi connectivity index (χ4v) is 4.10. The number of carbonyl (C=O) groups excluding carboxylic acids is 1. The van der Waals surface area contributed by atoms with E-state index in [0.717, 1.165) is 10.9 Å². The Morgan fingerprint density at radius 1 is 1.17 bits per heavy atom. The van der Waals surface area contributed by atoms with Gasteiger partial charge in [0.2, 0.25) is 10.0 Å². The average Bonchev–Trinajstić information content (AvgIpc) is 2.67. The number of hydrogen-bond donors (Lipinski definition) is 2. The lowest BCUT2D eigenvalue weighted by Gasteiger charge is -2.10. The Hall–Kier alpha value is -2.74. The van der Waals surface area contributed by atoms with E-state index in [9.17, 15) is 13.2 Å². The quantitative estimate of drug-likeness (QED) is 0.554. The van der Waals surface area contributed by atoms with Crippen molar-refractivity contribution in [2.45, 2.75) is 12.7 Å². The molecule has 8 heteroatoms. The molecule has 0 saturated heterocycles. The van der Waals surface area contributed by atoms with Crippen molar-refractivity contribution in [1.82, 2.24) is 9.71 Å². The van der Waals surface area contributed by atoms with Crippen molar-refractivity contribution in [2.24, 2.45) is 0 Å². The van der Waals surface area contributed by atoms with Crippen LogP contribution in [-0.2, 0) is 15.8 Å². The number of aromatic nitrogens is 1. The van der Waals surface area contributed by atoms with Gasteiger partial charge in [-0.25, -0.2) is 13.1 Å². The maximum Gasteiger partial charge on any atom is 0.257 e. The molecule has 0 aliphatic carbocycles. The van der Waals surface area contributed by atoms with Gasteiger partial charge >= 0.3 is 0 Å². The molecule has 6 nitrogen and oxygen atoms in total. The van der Waals surface area contributed by atoms with Crippen molar-refractivity contribution >= 4 is 44.1 Å². The predicted molar refractivity (Wildman–Crippen MR) is 117 cm³/mol. The maximum atomic E-state index is 12.7. The molecule has 29 heavy (non-hydrogen) atoms. The zero-order chi connectivity index (χ0) is 21.0. The number of benzene rings is 2. The van der Waals surface area contributed by atoms with E-state index < -0.39 is 10.0 Å². The number of fused-ring (bicyclic) bond motifs is 1. The third-order valence-corrected chi connectivity index (χ3v) is 5.78.